The van der Waals surface area contributed by atoms with E-state index in [1.54, 1.807) is 6.08 Å². The van der Waals surface area contributed by atoms with Crippen LogP contribution in [-0.4, -0.2) is 12.1 Å². The van der Waals surface area contributed by atoms with Gasteiger partial charge in [0.15, 0.2) is 0 Å². The lowest BCUT2D eigenvalue weighted by Crippen LogP contribution is -2.24. The van der Waals surface area contributed by atoms with E-state index in [0.29, 0.717) is 12.0 Å². The van der Waals surface area contributed by atoms with Gasteiger partial charge in [0.25, 0.3) is 0 Å². The van der Waals surface area contributed by atoms with Crippen LogP contribution in [0.15, 0.2) is 24.8 Å². The topological polar surface area (TPSA) is 26.3 Å². The quantitative estimate of drug-likeness (QED) is 0.580. The van der Waals surface area contributed by atoms with Gasteiger partial charge in [0.2, 0.25) is 0 Å². The van der Waals surface area contributed by atoms with Crippen molar-refractivity contribution < 1.29 is 9.53 Å². The first kappa shape index (κ1) is 15.5. The van der Waals surface area contributed by atoms with E-state index in [9.17, 15) is 4.79 Å². The monoisotopic (exact) mass is 260 g/mol. The van der Waals surface area contributed by atoms with Crippen LogP contribution in [0.4, 0.5) is 0 Å². The van der Waals surface area contributed by atoms with Gasteiger partial charge in [-0.1, -0.05) is 37.6 Å². The average Bonchev–Trinajstić information content (AvgIpc) is 2.26. The van der Waals surface area contributed by atoms with Gasteiger partial charge in [0, 0.05) is 6.42 Å². The second kappa shape index (κ2) is 6.55. The number of benzene rings is 1. The summed E-state index contributed by atoms with van der Waals surface area (Å²) in [5.74, 6) is 0.0589. The lowest BCUT2D eigenvalue weighted by Gasteiger charge is -2.21. The van der Waals surface area contributed by atoms with Crippen molar-refractivity contribution in [2.24, 2.45) is 5.92 Å². The second-order valence-electron chi connectivity index (χ2n) is 5.49. The zero-order chi connectivity index (χ0) is 14.6. The van der Waals surface area contributed by atoms with Gasteiger partial charge in [0.05, 0.1) is 5.56 Å². The number of ether oxygens (including phenoxy) is 1. The van der Waals surface area contributed by atoms with E-state index in [1.165, 1.54) is 0 Å². The predicted octanol–water partition coefficient (Wildman–Crippen LogP) is 4.37. The van der Waals surface area contributed by atoms with Crippen LogP contribution in [0.5, 0.6) is 0 Å². The summed E-state index contributed by atoms with van der Waals surface area (Å²) in [7, 11) is 0. The third-order valence-electron chi connectivity index (χ3n) is 3.28. The van der Waals surface area contributed by atoms with Gasteiger partial charge in [-0.05, 0) is 37.8 Å². The van der Waals surface area contributed by atoms with E-state index in [-0.39, 0.29) is 18.0 Å². The van der Waals surface area contributed by atoms with Crippen LogP contribution in [0, 0.1) is 26.7 Å². The van der Waals surface area contributed by atoms with Gasteiger partial charge < -0.3 is 4.74 Å². The molecule has 0 fully saturated rings. The van der Waals surface area contributed by atoms with Gasteiger partial charge in [0.1, 0.15) is 6.10 Å². The molecule has 0 aromatic heterocycles. The van der Waals surface area contributed by atoms with Gasteiger partial charge in [-0.3, -0.25) is 0 Å². The summed E-state index contributed by atoms with van der Waals surface area (Å²) >= 11 is 0. The van der Waals surface area contributed by atoms with Crippen LogP contribution < -0.4 is 0 Å². The van der Waals surface area contributed by atoms with Crippen molar-refractivity contribution in [1.82, 2.24) is 0 Å². The van der Waals surface area contributed by atoms with Gasteiger partial charge in [-0.2, -0.15) is 0 Å². The van der Waals surface area contributed by atoms with Crippen molar-refractivity contribution in [3.63, 3.8) is 0 Å². The molecule has 0 spiro atoms. The molecule has 1 aromatic carbocycles. The molecule has 1 aromatic rings. The number of rotatable bonds is 5. The Hall–Kier alpha value is -1.57. The number of aryl methyl sites for hydroxylation is 3. The molecular weight excluding hydrogens is 236 g/mol. The van der Waals surface area contributed by atoms with Crippen molar-refractivity contribution >= 4 is 5.97 Å². The average molecular weight is 260 g/mol. The van der Waals surface area contributed by atoms with Crippen molar-refractivity contribution in [2.45, 2.75) is 47.1 Å². The Morgan fingerprint density at radius 1 is 1.26 bits per heavy atom. The molecule has 0 unspecified atom stereocenters. The van der Waals surface area contributed by atoms with Crippen LogP contribution in [0.3, 0.4) is 0 Å². The highest BCUT2D eigenvalue weighted by molar-refractivity contribution is 5.92. The molecule has 1 atom stereocenters. The largest absolute Gasteiger partial charge is 0.458 e. The highest BCUT2D eigenvalue weighted by Crippen LogP contribution is 2.20. The number of hydrogen-bond acceptors (Lipinski definition) is 2. The SMILES string of the molecule is C=CC[C@H](OC(=O)c1c(C)cc(C)cc1C)C(C)C. The van der Waals surface area contributed by atoms with E-state index in [0.717, 1.165) is 16.7 Å². The summed E-state index contributed by atoms with van der Waals surface area (Å²) < 4.78 is 5.63. The summed E-state index contributed by atoms with van der Waals surface area (Å²) in [6.07, 6.45) is 2.38. The highest BCUT2D eigenvalue weighted by Gasteiger charge is 2.20. The first-order valence-electron chi connectivity index (χ1n) is 6.76. The fraction of sp³-hybridized carbons (Fsp3) is 0.471. The molecule has 104 valence electrons. The van der Waals surface area contributed by atoms with Crippen LogP contribution in [0.25, 0.3) is 0 Å². The molecule has 0 amide bonds. The highest BCUT2D eigenvalue weighted by atomic mass is 16.5. The number of carbonyl (C=O) groups excluding carboxylic acids is 1. The molecule has 0 aliphatic heterocycles. The van der Waals surface area contributed by atoms with Crippen molar-refractivity contribution in [2.75, 3.05) is 0 Å². The molecule has 0 saturated heterocycles. The summed E-state index contributed by atoms with van der Waals surface area (Å²) in [5.41, 5.74) is 3.81. The molecule has 0 radical (unpaired) electrons. The Morgan fingerprint density at radius 3 is 2.21 bits per heavy atom. The summed E-state index contributed by atoms with van der Waals surface area (Å²) in [6.45, 7) is 13.8. The standard InChI is InChI=1S/C17H24O2/c1-7-8-15(11(2)3)19-17(18)16-13(5)9-12(4)10-14(16)6/h7,9-11,15H,1,8H2,2-6H3/t15-/m0/s1. The second-order valence-corrected chi connectivity index (χ2v) is 5.49. The van der Waals surface area contributed by atoms with Crippen molar-refractivity contribution in [3.05, 3.63) is 47.0 Å². The lowest BCUT2D eigenvalue weighted by molar-refractivity contribution is 0.0192. The lowest BCUT2D eigenvalue weighted by atomic mass is 9.99. The first-order valence-corrected chi connectivity index (χ1v) is 6.76. The normalized spacial score (nSPS) is 12.3. The summed E-state index contributed by atoms with van der Waals surface area (Å²) in [5, 5.41) is 0. The summed E-state index contributed by atoms with van der Waals surface area (Å²) in [4.78, 5) is 12.3. The molecule has 0 N–H and O–H groups in total. The molecule has 19 heavy (non-hydrogen) atoms. The maximum absolute atomic E-state index is 12.3. The molecule has 0 bridgehead atoms. The van der Waals surface area contributed by atoms with Crippen molar-refractivity contribution in [3.8, 4) is 0 Å². The smallest absolute Gasteiger partial charge is 0.338 e. The minimum Gasteiger partial charge on any atom is -0.458 e. The van der Waals surface area contributed by atoms with E-state index < -0.39 is 0 Å². The third-order valence-corrected chi connectivity index (χ3v) is 3.28. The van der Waals surface area contributed by atoms with Crippen LogP contribution in [0.1, 0.15) is 47.3 Å². The fourth-order valence-corrected chi connectivity index (χ4v) is 2.32. The van der Waals surface area contributed by atoms with Gasteiger partial charge >= 0.3 is 5.97 Å². The predicted molar refractivity (Wildman–Crippen MR) is 79.5 cm³/mol. The van der Waals surface area contributed by atoms with E-state index in [1.807, 2.05) is 32.9 Å². The molecule has 0 heterocycles. The Kier molecular flexibility index (Phi) is 5.34. The van der Waals surface area contributed by atoms with Crippen LogP contribution in [-0.2, 0) is 4.74 Å². The first-order chi connectivity index (χ1) is 8.86. The Bertz CT molecular complexity index is 449. The van der Waals surface area contributed by atoms with Gasteiger partial charge in [-0.25, -0.2) is 4.79 Å². The molecular formula is C17H24O2. The number of carbonyl (C=O) groups is 1. The Labute approximate surface area is 116 Å². The molecule has 1 rings (SSSR count). The number of esters is 1. The van der Waals surface area contributed by atoms with Gasteiger partial charge in [-0.15, -0.1) is 6.58 Å². The van der Waals surface area contributed by atoms with E-state index in [4.69, 9.17) is 4.74 Å². The third kappa shape index (κ3) is 3.95. The van der Waals surface area contributed by atoms with Crippen LogP contribution in [0.2, 0.25) is 0 Å². The molecule has 0 aliphatic rings. The molecule has 2 heteroatoms. The molecule has 0 aliphatic carbocycles. The maximum atomic E-state index is 12.3. The Balaban J connectivity index is 2.97. The van der Waals surface area contributed by atoms with Crippen molar-refractivity contribution in [1.29, 1.82) is 0 Å². The molecule has 2 nitrogen and oxygen atoms in total. The van der Waals surface area contributed by atoms with Crippen LogP contribution >= 0.6 is 0 Å². The summed E-state index contributed by atoms with van der Waals surface area (Å²) in [6, 6.07) is 4.03. The Morgan fingerprint density at radius 2 is 1.79 bits per heavy atom. The zero-order valence-electron chi connectivity index (χ0n) is 12.6. The fourth-order valence-electron chi connectivity index (χ4n) is 2.32. The maximum Gasteiger partial charge on any atom is 0.338 e. The minimum absolute atomic E-state index is 0.106. The zero-order valence-corrected chi connectivity index (χ0v) is 12.6. The number of hydrogen-bond donors (Lipinski definition) is 0. The van der Waals surface area contributed by atoms with E-state index in [2.05, 4.69) is 20.4 Å². The molecule has 0 saturated carbocycles. The van der Waals surface area contributed by atoms with E-state index >= 15 is 0 Å². The minimum atomic E-state index is -0.226.